The first-order valence-corrected chi connectivity index (χ1v) is 9.79. The Bertz CT molecular complexity index is 563. The van der Waals surface area contributed by atoms with Gasteiger partial charge in [0.25, 0.3) is 0 Å². The van der Waals surface area contributed by atoms with Gasteiger partial charge >= 0.3 is 0 Å². The highest BCUT2D eigenvalue weighted by Crippen LogP contribution is 2.25. The molecule has 0 saturated carbocycles. The maximum atomic E-state index is 12.0. The van der Waals surface area contributed by atoms with E-state index >= 15 is 0 Å². The predicted octanol–water partition coefficient (Wildman–Crippen LogP) is 2.38. The minimum absolute atomic E-state index is 0. The summed E-state index contributed by atoms with van der Waals surface area (Å²) < 4.78 is 5.12. The van der Waals surface area contributed by atoms with Crippen molar-refractivity contribution < 1.29 is 9.53 Å². The number of ether oxygens (including phenoxy) is 1. The number of hydrogen-bond acceptors (Lipinski definition) is 4. The molecule has 0 spiro atoms. The van der Waals surface area contributed by atoms with Crippen LogP contribution >= 0.6 is 35.7 Å². The highest BCUT2D eigenvalue weighted by atomic mass is 127. The first-order valence-electron chi connectivity index (χ1n) is 8.74. The molecule has 0 radical (unpaired) electrons. The van der Waals surface area contributed by atoms with Crippen molar-refractivity contribution in [2.45, 2.75) is 31.6 Å². The maximum Gasteiger partial charge on any atom is 0.242 e. The summed E-state index contributed by atoms with van der Waals surface area (Å²) in [5, 5.41) is 10.0. The lowest BCUT2D eigenvalue weighted by Crippen LogP contribution is -2.41. The zero-order valence-corrected chi connectivity index (χ0v) is 18.6. The molecule has 1 aromatic rings. The summed E-state index contributed by atoms with van der Waals surface area (Å²) in [7, 11) is 1.64. The average Bonchev–Trinajstić information content (AvgIpc) is 3.16. The Hall–Kier alpha value is -1.16. The van der Waals surface area contributed by atoms with Crippen molar-refractivity contribution in [3.8, 4) is 5.75 Å². The fourth-order valence-corrected chi connectivity index (χ4v) is 3.71. The summed E-state index contributed by atoms with van der Waals surface area (Å²) in [6, 6.07) is 7.64. The van der Waals surface area contributed by atoms with E-state index in [1.807, 2.05) is 43.0 Å². The van der Waals surface area contributed by atoms with E-state index in [9.17, 15) is 4.79 Å². The number of benzene rings is 1. The maximum absolute atomic E-state index is 12.0. The quantitative estimate of drug-likeness (QED) is 0.295. The van der Waals surface area contributed by atoms with Crippen LogP contribution in [0.2, 0.25) is 0 Å². The molecule has 1 amide bonds. The van der Waals surface area contributed by atoms with E-state index < -0.39 is 0 Å². The SMILES string of the molecule is CCNC(=NCC(=O)NCc1ccc(OC)cc1)NCC1CCCS1.I. The van der Waals surface area contributed by atoms with Gasteiger partial charge in [0, 0.05) is 24.9 Å². The minimum Gasteiger partial charge on any atom is -0.497 e. The molecule has 3 N–H and O–H groups in total. The molecule has 2 rings (SSSR count). The lowest BCUT2D eigenvalue weighted by Gasteiger charge is -2.14. The molecule has 1 aliphatic rings. The number of rotatable bonds is 8. The highest BCUT2D eigenvalue weighted by Gasteiger charge is 2.15. The highest BCUT2D eigenvalue weighted by molar-refractivity contribution is 14.0. The fraction of sp³-hybridized carbons (Fsp3) is 0.556. The number of guanidine groups is 1. The Labute approximate surface area is 177 Å². The van der Waals surface area contributed by atoms with E-state index in [0.717, 1.165) is 24.4 Å². The first kappa shape index (κ1) is 22.9. The second-order valence-electron chi connectivity index (χ2n) is 5.84. The van der Waals surface area contributed by atoms with Crippen LogP contribution < -0.4 is 20.7 Å². The molecule has 0 aliphatic carbocycles. The molecule has 8 heteroatoms. The molecular formula is C18H29IN4O2S. The fourth-order valence-electron chi connectivity index (χ4n) is 2.51. The second kappa shape index (κ2) is 13.1. The Kier molecular flexibility index (Phi) is 11.5. The monoisotopic (exact) mass is 492 g/mol. The third kappa shape index (κ3) is 8.48. The molecule has 146 valence electrons. The number of nitrogens with zero attached hydrogens (tertiary/aromatic N) is 1. The Morgan fingerprint density at radius 2 is 2.04 bits per heavy atom. The van der Waals surface area contributed by atoms with E-state index in [-0.39, 0.29) is 36.4 Å². The van der Waals surface area contributed by atoms with Gasteiger partial charge in [0.2, 0.25) is 5.91 Å². The van der Waals surface area contributed by atoms with Gasteiger partial charge in [-0.25, -0.2) is 4.99 Å². The van der Waals surface area contributed by atoms with Gasteiger partial charge in [0.15, 0.2) is 5.96 Å². The summed E-state index contributed by atoms with van der Waals surface area (Å²) in [5.74, 6) is 2.66. The molecule has 1 atom stereocenters. The molecule has 1 unspecified atom stereocenters. The smallest absolute Gasteiger partial charge is 0.242 e. The second-order valence-corrected chi connectivity index (χ2v) is 7.24. The molecule has 6 nitrogen and oxygen atoms in total. The van der Waals surface area contributed by atoms with Crippen molar-refractivity contribution in [3.63, 3.8) is 0 Å². The van der Waals surface area contributed by atoms with E-state index in [1.165, 1.54) is 18.6 Å². The number of hydrogen-bond donors (Lipinski definition) is 3. The number of carbonyl (C=O) groups excluding carboxylic acids is 1. The van der Waals surface area contributed by atoms with Crippen LogP contribution in [-0.4, -0.2) is 49.6 Å². The number of amides is 1. The molecule has 0 bridgehead atoms. The van der Waals surface area contributed by atoms with Gasteiger partial charge < -0.3 is 20.7 Å². The van der Waals surface area contributed by atoms with Gasteiger partial charge in [-0.1, -0.05) is 12.1 Å². The third-order valence-electron chi connectivity index (χ3n) is 3.89. The standard InChI is InChI=1S/C18H28N4O2S.HI/c1-3-19-18(21-12-16-5-4-10-25-16)22-13-17(23)20-11-14-6-8-15(24-2)9-7-14;/h6-9,16H,3-5,10-13H2,1-2H3,(H,20,23)(H2,19,21,22);1H. The van der Waals surface area contributed by atoms with Crippen molar-refractivity contribution in [1.29, 1.82) is 0 Å². The molecule has 1 fully saturated rings. The van der Waals surface area contributed by atoms with Crippen LogP contribution in [0.5, 0.6) is 5.75 Å². The molecule has 26 heavy (non-hydrogen) atoms. The number of nitrogens with one attached hydrogen (secondary N) is 3. The van der Waals surface area contributed by atoms with Crippen LogP contribution in [0.15, 0.2) is 29.3 Å². The normalized spacial score (nSPS) is 16.5. The number of carbonyl (C=O) groups is 1. The lowest BCUT2D eigenvalue weighted by molar-refractivity contribution is -0.119. The van der Waals surface area contributed by atoms with Crippen LogP contribution in [0.1, 0.15) is 25.3 Å². The van der Waals surface area contributed by atoms with E-state index in [4.69, 9.17) is 4.74 Å². The Morgan fingerprint density at radius 1 is 1.27 bits per heavy atom. The predicted molar refractivity (Wildman–Crippen MR) is 120 cm³/mol. The summed E-state index contributed by atoms with van der Waals surface area (Å²) in [5.41, 5.74) is 1.03. The Morgan fingerprint density at radius 3 is 2.65 bits per heavy atom. The van der Waals surface area contributed by atoms with Crippen molar-refractivity contribution in [3.05, 3.63) is 29.8 Å². The molecule has 0 aromatic heterocycles. The molecular weight excluding hydrogens is 463 g/mol. The minimum atomic E-state index is -0.0942. The van der Waals surface area contributed by atoms with Crippen LogP contribution in [0, 0.1) is 0 Å². The first-order chi connectivity index (χ1) is 12.2. The van der Waals surface area contributed by atoms with Crippen molar-refractivity contribution in [1.82, 2.24) is 16.0 Å². The van der Waals surface area contributed by atoms with Gasteiger partial charge in [0.05, 0.1) is 7.11 Å². The largest absolute Gasteiger partial charge is 0.497 e. The zero-order valence-electron chi connectivity index (χ0n) is 15.4. The van der Waals surface area contributed by atoms with Gasteiger partial charge in [-0.15, -0.1) is 24.0 Å². The number of aliphatic imine (C=N–C) groups is 1. The van der Waals surface area contributed by atoms with Crippen molar-refractivity contribution in [2.75, 3.05) is 32.5 Å². The van der Waals surface area contributed by atoms with E-state index in [0.29, 0.717) is 17.8 Å². The molecule has 1 saturated heterocycles. The van der Waals surface area contributed by atoms with Crippen molar-refractivity contribution >= 4 is 47.6 Å². The van der Waals surface area contributed by atoms with Crippen LogP contribution in [0.4, 0.5) is 0 Å². The average molecular weight is 492 g/mol. The van der Waals surface area contributed by atoms with Crippen LogP contribution in [0.25, 0.3) is 0 Å². The van der Waals surface area contributed by atoms with Gasteiger partial charge in [-0.05, 0) is 43.2 Å². The number of halogens is 1. The van der Waals surface area contributed by atoms with Gasteiger partial charge in [0.1, 0.15) is 12.3 Å². The van der Waals surface area contributed by atoms with Gasteiger partial charge in [-0.2, -0.15) is 11.8 Å². The summed E-state index contributed by atoms with van der Waals surface area (Å²) >= 11 is 2.00. The zero-order chi connectivity index (χ0) is 17.9. The summed E-state index contributed by atoms with van der Waals surface area (Å²) in [6.45, 7) is 4.29. The molecule has 1 aliphatic heterocycles. The third-order valence-corrected chi connectivity index (χ3v) is 5.29. The Balaban J connectivity index is 0.00000338. The van der Waals surface area contributed by atoms with E-state index in [2.05, 4.69) is 20.9 Å². The topological polar surface area (TPSA) is 74.8 Å². The van der Waals surface area contributed by atoms with Gasteiger partial charge in [-0.3, -0.25) is 4.79 Å². The summed E-state index contributed by atoms with van der Waals surface area (Å²) in [4.78, 5) is 16.4. The molecule has 1 aromatic carbocycles. The van der Waals surface area contributed by atoms with Crippen LogP contribution in [-0.2, 0) is 11.3 Å². The van der Waals surface area contributed by atoms with Crippen molar-refractivity contribution in [2.24, 2.45) is 4.99 Å². The molecule has 1 heterocycles. The number of methoxy groups -OCH3 is 1. The number of thioether (sulfide) groups is 1. The van der Waals surface area contributed by atoms with E-state index in [1.54, 1.807) is 7.11 Å². The van der Waals surface area contributed by atoms with Crippen LogP contribution in [0.3, 0.4) is 0 Å². The summed E-state index contributed by atoms with van der Waals surface area (Å²) in [6.07, 6.45) is 2.54. The lowest BCUT2D eigenvalue weighted by atomic mass is 10.2.